The molecule has 0 atom stereocenters. The molecule has 0 unspecified atom stereocenters. The van der Waals surface area contributed by atoms with Crippen LogP contribution in [0.4, 0.5) is 5.69 Å². The number of nitrogens with zero attached hydrogens (tertiary/aromatic N) is 1. The minimum absolute atomic E-state index is 0.240. The van der Waals surface area contributed by atoms with Gasteiger partial charge in [-0.2, -0.15) is 0 Å². The van der Waals surface area contributed by atoms with E-state index in [2.05, 4.69) is 10.3 Å². The maximum absolute atomic E-state index is 11.8. The Labute approximate surface area is 112 Å². The summed E-state index contributed by atoms with van der Waals surface area (Å²) in [5.74, 6) is -0.240. The van der Waals surface area contributed by atoms with Crippen LogP contribution in [0, 0.1) is 6.92 Å². The van der Waals surface area contributed by atoms with E-state index in [1.54, 1.807) is 24.4 Å². The third-order valence-corrected chi connectivity index (χ3v) is 3.55. The van der Waals surface area contributed by atoms with Crippen LogP contribution in [0.2, 0.25) is 9.49 Å². The Hall–Kier alpha value is -1.10. The fourth-order valence-electron chi connectivity index (χ4n) is 1.26. The maximum Gasteiger partial charge on any atom is 0.265 e. The van der Waals surface area contributed by atoms with E-state index < -0.39 is 0 Å². The molecule has 1 amide bonds. The zero-order valence-corrected chi connectivity index (χ0v) is 11.2. The Bertz CT molecular complexity index is 568. The van der Waals surface area contributed by atoms with Crippen molar-refractivity contribution in [2.45, 2.75) is 6.92 Å². The SMILES string of the molecule is Cc1cnc(Cl)c(NC(=O)c2ccc(Cl)s2)c1. The van der Waals surface area contributed by atoms with E-state index in [9.17, 15) is 4.79 Å². The van der Waals surface area contributed by atoms with E-state index in [-0.39, 0.29) is 11.1 Å². The van der Waals surface area contributed by atoms with E-state index in [1.807, 2.05) is 6.92 Å². The van der Waals surface area contributed by atoms with Gasteiger partial charge in [0.2, 0.25) is 0 Å². The number of anilines is 1. The summed E-state index contributed by atoms with van der Waals surface area (Å²) in [4.78, 5) is 16.3. The van der Waals surface area contributed by atoms with Crippen molar-refractivity contribution in [3.05, 3.63) is 44.3 Å². The summed E-state index contributed by atoms with van der Waals surface area (Å²) in [5, 5.41) is 2.97. The Balaban J connectivity index is 2.21. The van der Waals surface area contributed by atoms with Crippen LogP contribution >= 0.6 is 34.5 Å². The van der Waals surface area contributed by atoms with Gasteiger partial charge in [-0.3, -0.25) is 4.79 Å². The van der Waals surface area contributed by atoms with Crippen molar-refractivity contribution in [1.29, 1.82) is 0 Å². The molecule has 0 bridgehead atoms. The summed E-state index contributed by atoms with van der Waals surface area (Å²) < 4.78 is 0.573. The van der Waals surface area contributed by atoms with Gasteiger partial charge < -0.3 is 5.32 Å². The first-order valence-corrected chi connectivity index (χ1v) is 6.32. The van der Waals surface area contributed by atoms with Crippen LogP contribution < -0.4 is 5.32 Å². The fourth-order valence-corrected chi connectivity index (χ4v) is 2.35. The zero-order valence-electron chi connectivity index (χ0n) is 8.83. The highest BCUT2D eigenvalue weighted by molar-refractivity contribution is 7.18. The second-order valence-corrected chi connectivity index (χ2v) is 5.48. The van der Waals surface area contributed by atoms with E-state index in [1.165, 1.54) is 11.3 Å². The van der Waals surface area contributed by atoms with E-state index >= 15 is 0 Å². The molecule has 2 aromatic heterocycles. The average Bonchev–Trinajstić information content (AvgIpc) is 2.70. The van der Waals surface area contributed by atoms with Gasteiger partial charge in [-0.15, -0.1) is 11.3 Å². The lowest BCUT2D eigenvalue weighted by Crippen LogP contribution is -2.11. The minimum atomic E-state index is -0.240. The molecule has 0 aromatic carbocycles. The summed E-state index contributed by atoms with van der Waals surface area (Å²) in [6, 6.07) is 5.11. The van der Waals surface area contributed by atoms with Crippen LogP contribution in [0.25, 0.3) is 0 Å². The molecule has 0 radical (unpaired) electrons. The van der Waals surface area contributed by atoms with Crippen molar-refractivity contribution < 1.29 is 4.79 Å². The number of halogens is 2. The molecule has 3 nitrogen and oxygen atoms in total. The molecule has 0 aliphatic heterocycles. The van der Waals surface area contributed by atoms with E-state index in [0.29, 0.717) is 14.9 Å². The number of carbonyl (C=O) groups excluding carboxylic acids is 1. The van der Waals surface area contributed by atoms with Crippen LogP contribution in [0.5, 0.6) is 0 Å². The van der Waals surface area contributed by atoms with Crippen LogP contribution in [0.3, 0.4) is 0 Å². The third kappa shape index (κ3) is 2.97. The molecule has 2 aromatic rings. The quantitative estimate of drug-likeness (QED) is 0.848. The van der Waals surface area contributed by atoms with Gasteiger partial charge >= 0.3 is 0 Å². The van der Waals surface area contributed by atoms with Crippen LogP contribution in [-0.2, 0) is 0 Å². The number of carbonyl (C=O) groups is 1. The molecule has 0 aliphatic rings. The molecule has 88 valence electrons. The molecule has 0 saturated heterocycles. The fraction of sp³-hybridized carbons (Fsp3) is 0.0909. The smallest absolute Gasteiger partial charge is 0.265 e. The Morgan fingerprint density at radius 3 is 2.82 bits per heavy atom. The molecule has 0 saturated carbocycles. The van der Waals surface area contributed by atoms with Crippen molar-refractivity contribution in [2.75, 3.05) is 5.32 Å². The van der Waals surface area contributed by atoms with Crippen molar-refractivity contribution in [1.82, 2.24) is 4.98 Å². The second-order valence-electron chi connectivity index (χ2n) is 3.41. The molecule has 0 spiro atoms. The number of nitrogens with one attached hydrogen (secondary N) is 1. The second kappa shape index (κ2) is 5.04. The number of hydrogen-bond acceptors (Lipinski definition) is 3. The summed E-state index contributed by atoms with van der Waals surface area (Å²) in [7, 11) is 0. The Morgan fingerprint density at radius 2 is 2.18 bits per heavy atom. The number of aryl methyl sites for hydroxylation is 1. The van der Waals surface area contributed by atoms with Crippen molar-refractivity contribution in [2.24, 2.45) is 0 Å². The summed E-state index contributed by atoms with van der Waals surface area (Å²) in [6.45, 7) is 1.88. The highest BCUT2D eigenvalue weighted by Gasteiger charge is 2.11. The van der Waals surface area contributed by atoms with Gasteiger partial charge in [-0.05, 0) is 30.7 Å². The lowest BCUT2D eigenvalue weighted by molar-refractivity contribution is 0.103. The average molecular weight is 287 g/mol. The first-order valence-electron chi connectivity index (χ1n) is 4.75. The number of thiophene rings is 1. The third-order valence-electron chi connectivity index (χ3n) is 2.02. The predicted octanol–water partition coefficient (Wildman–Crippen LogP) is 4.01. The minimum Gasteiger partial charge on any atom is -0.319 e. The molecular formula is C11H8Cl2N2OS. The van der Waals surface area contributed by atoms with E-state index in [0.717, 1.165) is 5.56 Å². The summed E-state index contributed by atoms with van der Waals surface area (Å²) in [6.07, 6.45) is 1.64. The van der Waals surface area contributed by atoms with Gasteiger partial charge in [0.25, 0.3) is 5.91 Å². The number of amides is 1. The maximum atomic E-state index is 11.8. The largest absolute Gasteiger partial charge is 0.319 e. The zero-order chi connectivity index (χ0) is 12.4. The lowest BCUT2D eigenvalue weighted by atomic mass is 10.3. The van der Waals surface area contributed by atoms with Crippen LogP contribution in [0.1, 0.15) is 15.2 Å². The molecule has 2 heterocycles. The molecule has 0 fully saturated rings. The van der Waals surface area contributed by atoms with Crippen LogP contribution in [-0.4, -0.2) is 10.9 Å². The van der Waals surface area contributed by atoms with Gasteiger partial charge in [0.05, 0.1) is 14.9 Å². The Kier molecular flexibility index (Phi) is 3.66. The van der Waals surface area contributed by atoms with Crippen molar-refractivity contribution in [3.8, 4) is 0 Å². The molecule has 17 heavy (non-hydrogen) atoms. The molecule has 1 N–H and O–H groups in total. The summed E-state index contributed by atoms with van der Waals surface area (Å²) in [5.41, 5.74) is 1.43. The predicted molar refractivity (Wildman–Crippen MR) is 71.3 cm³/mol. The van der Waals surface area contributed by atoms with Crippen molar-refractivity contribution >= 4 is 46.1 Å². The lowest BCUT2D eigenvalue weighted by Gasteiger charge is -2.05. The molecule has 6 heteroatoms. The normalized spacial score (nSPS) is 10.3. The number of aromatic nitrogens is 1. The van der Waals surface area contributed by atoms with Gasteiger partial charge in [-0.25, -0.2) is 4.98 Å². The van der Waals surface area contributed by atoms with E-state index in [4.69, 9.17) is 23.2 Å². The first-order chi connectivity index (χ1) is 8.06. The highest BCUT2D eigenvalue weighted by atomic mass is 35.5. The monoisotopic (exact) mass is 286 g/mol. The first kappa shape index (κ1) is 12.4. The van der Waals surface area contributed by atoms with Crippen LogP contribution in [0.15, 0.2) is 24.4 Å². The summed E-state index contributed by atoms with van der Waals surface area (Å²) >= 11 is 12.9. The highest BCUT2D eigenvalue weighted by Crippen LogP contribution is 2.24. The Morgan fingerprint density at radius 1 is 1.41 bits per heavy atom. The van der Waals surface area contributed by atoms with Gasteiger partial charge in [0, 0.05) is 6.20 Å². The van der Waals surface area contributed by atoms with Gasteiger partial charge in [0.15, 0.2) is 5.15 Å². The molecule has 0 aliphatic carbocycles. The van der Waals surface area contributed by atoms with Gasteiger partial charge in [-0.1, -0.05) is 23.2 Å². The standard InChI is InChI=1S/C11H8Cl2N2OS/c1-6-4-7(10(13)14-5-6)15-11(16)8-2-3-9(12)17-8/h2-5H,1H3,(H,15,16). The number of rotatable bonds is 2. The molecule has 2 rings (SSSR count). The topological polar surface area (TPSA) is 42.0 Å². The molecular weight excluding hydrogens is 279 g/mol. The number of hydrogen-bond donors (Lipinski definition) is 1. The van der Waals surface area contributed by atoms with Gasteiger partial charge in [0.1, 0.15) is 0 Å². The van der Waals surface area contributed by atoms with Crippen molar-refractivity contribution in [3.63, 3.8) is 0 Å². The number of pyridine rings is 1.